The number of anilines is 4. The summed E-state index contributed by atoms with van der Waals surface area (Å²) < 4.78 is 4.76. The Labute approximate surface area is 128 Å². The summed E-state index contributed by atoms with van der Waals surface area (Å²) in [5.74, 6) is 0.427. The molecule has 0 atom stereocenters. The highest BCUT2D eigenvalue weighted by Gasteiger charge is 2.14. The number of rotatable bonds is 5. The molecular formula is C14H18N6O2. The van der Waals surface area contributed by atoms with Crippen molar-refractivity contribution in [2.75, 3.05) is 37.7 Å². The van der Waals surface area contributed by atoms with Crippen LogP contribution in [0, 0.1) is 0 Å². The molecule has 0 radical (unpaired) electrons. The summed E-state index contributed by atoms with van der Waals surface area (Å²) in [5.41, 5.74) is 10.3. The number of benzene rings is 1. The first kappa shape index (κ1) is 15.5. The Morgan fingerprint density at radius 1 is 1.23 bits per heavy atom. The first-order valence-electron chi connectivity index (χ1n) is 6.51. The molecule has 0 aliphatic carbocycles. The second-order valence-electron chi connectivity index (χ2n) is 4.65. The van der Waals surface area contributed by atoms with Crippen molar-refractivity contribution in [3.8, 4) is 0 Å². The van der Waals surface area contributed by atoms with Crippen molar-refractivity contribution < 1.29 is 9.53 Å². The zero-order valence-electron chi connectivity index (χ0n) is 12.6. The van der Waals surface area contributed by atoms with Crippen LogP contribution in [0.2, 0.25) is 0 Å². The largest absolute Gasteiger partial charge is 0.465 e. The molecule has 0 saturated carbocycles. The fraction of sp³-hybridized carbons (Fsp3) is 0.214. The van der Waals surface area contributed by atoms with Crippen LogP contribution < -0.4 is 16.5 Å². The van der Waals surface area contributed by atoms with Crippen LogP contribution in [-0.2, 0) is 4.74 Å². The number of nitrogens with one attached hydrogen (secondary N) is 2. The SMILES string of the molecule is COC(=O)c1ccccc1Nc1ncnc(NN(C)C)c1N. The average molecular weight is 302 g/mol. The average Bonchev–Trinajstić information content (AvgIpc) is 2.50. The Bertz CT molecular complexity index is 674. The first-order valence-corrected chi connectivity index (χ1v) is 6.51. The third-order valence-corrected chi connectivity index (χ3v) is 2.80. The number of esters is 1. The van der Waals surface area contributed by atoms with Gasteiger partial charge in [-0.1, -0.05) is 12.1 Å². The quantitative estimate of drug-likeness (QED) is 0.563. The van der Waals surface area contributed by atoms with Crippen LogP contribution in [0.4, 0.5) is 23.0 Å². The zero-order chi connectivity index (χ0) is 16.1. The van der Waals surface area contributed by atoms with E-state index in [4.69, 9.17) is 10.5 Å². The summed E-state index contributed by atoms with van der Waals surface area (Å²) in [6.45, 7) is 0. The Hall–Kier alpha value is -2.87. The van der Waals surface area contributed by atoms with E-state index in [0.29, 0.717) is 28.6 Å². The van der Waals surface area contributed by atoms with Gasteiger partial charge >= 0.3 is 5.97 Å². The molecule has 116 valence electrons. The lowest BCUT2D eigenvalue weighted by atomic mass is 10.2. The number of nitrogens with zero attached hydrogens (tertiary/aromatic N) is 3. The highest BCUT2D eigenvalue weighted by Crippen LogP contribution is 2.27. The number of aromatic nitrogens is 2. The van der Waals surface area contributed by atoms with Gasteiger partial charge in [0, 0.05) is 14.1 Å². The molecule has 0 amide bonds. The lowest BCUT2D eigenvalue weighted by Gasteiger charge is -2.16. The molecule has 0 bridgehead atoms. The maximum absolute atomic E-state index is 11.8. The van der Waals surface area contributed by atoms with Gasteiger partial charge in [-0.15, -0.1) is 0 Å². The van der Waals surface area contributed by atoms with Crippen LogP contribution in [0.5, 0.6) is 0 Å². The van der Waals surface area contributed by atoms with Crippen molar-refractivity contribution >= 4 is 29.0 Å². The Morgan fingerprint density at radius 3 is 2.59 bits per heavy atom. The molecule has 1 aromatic heterocycles. The van der Waals surface area contributed by atoms with Crippen LogP contribution in [0.1, 0.15) is 10.4 Å². The molecule has 0 unspecified atom stereocenters. The van der Waals surface area contributed by atoms with Gasteiger partial charge in [0.2, 0.25) is 0 Å². The maximum Gasteiger partial charge on any atom is 0.339 e. The van der Waals surface area contributed by atoms with Gasteiger partial charge in [-0.05, 0) is 12.1 Å². The van der Waals surface area contributed by atoms with Crippen LogP contribution >= 0.6 is 0 Å². The highest BCUT2D eigenvalue weighted by atomic mass is 16.5. The maximum atomic E-state index is 11.8. The molecule has 4 N–H and O–H groups in total. The molecule has 0 fully saturated rings. The molecule has 8 nitrogen and oxygen atoms in total. The van der Waals surface area contributed by atoms with Gasteiger partial charge in [-0.25, -0.2) is 19.8 Å². The summed E-state index contributed by atoms with van der Waals surface area (Å²) >= 11 is 0. The zero-order valence-corrected chi connectivity index (χ0v) is 12.6. The molecule has 22 heavy (non-hydrogen) atoms. The van der Waals surface area contributed by atoms with Gasteiger partial charge in [0.1, 0.15) is 12.0 Å². The number of ether oxygens (including phenoxy) is 1. The van der Waals surface area contributed by atoms with Crippen LogP contribution in [0.25, 0.3) is 0 Å². The van der Waals surface area contributed by atoms with E-state index in [1.807, 2.05) is 14.1 Å². The highest BCUT2D eigenvalue weighted by molar-refractivity contribution is 5.97. The summed E-state index contributed by atoms with van der Waals surface area (Å²) in [6.07, 6.45) is 1.38. The van der Waals surface area contributed by atoms with Gasteiger partial charge < -0.3 is 21.2 Å². The van der Waals surface area contributed by atoms with E-state index in [1.165, 1.54) is 13.4 Å². The normalized spacial score (nSPS) is 10.4. The van der Waals surface area contributed by atoms with Crippen LogP contribution in [0.3, 0.4) is 0 Å². The van der Waals surface area contributed by atoms with E-state index < -0.39 is 5.97 Å². The molecule has 2 rings (SSSR count). The van der Waals surface area contributed by atoms with Crippen LogP contribution in [0.15, 0.2) is 30.6 Å². The number of carbonyl (C=O) groups is 1. The molecular weight excluding hydrogens is 284 g/mol. The fourth-order valence-corrected chi connectivity index (χ4v) is 1.80. The molecule has 1 heterocycles. The second kappa shape index (κ2) is 6.72. The number of nitrogen functional groups attached to an aromatic ring is 1. The third kappa shape index (κ3) is 3.41. The van der Waals surface area contributed by atoms with Crippen molar-refractivity contribution in [1.29, 1.82) is 0 Å². The predicted molar refractivity (Wildman–Crippen MR) is 84.8 cm³/mol. The Morgan fingerprint density at radius 2 is 1.91 bits per heavy atom. The molecule has 0 aliphatic heterocycles. The van der Waals surface area contributed by atoms with E-state index in [2.05, 4.69) is 20.7 Å². The minimum atomic E-state index is -0.442. The van der Waals surface area contributed by atoms with Crippen molar-refractivity contribution in [3.05, 3.63) is 36.2 Å². The molecule has 0 spiro atoms. The number of nitrogens with two attached hydrogens (primary N) is 1. The second-order valence-corrected chi connectivity index (χ2v) is 4.65. The Kier molecular flexibility index (Phi) is 4.74. The number of methoxy groups -OCH3 is 1. The van der Waals surface area contributed by atoms with E-state index in [-0.39, 0.29) is 0 Å². The summed E-state index contributed by atoms with van der Waals surface area (Å²) in [6, 6.07) is 6.95. The molecule has 0 saturated heterocycles. The van der Waals surface area contributed by atoms with E-state index in [1.54, 1.807) is 29.3 Å². The molecule has 0 aliphatic rings. The van der Waals surface area contributed by atoms with E-state index in [9.17, 15) is 4.79 Å². The van der Waals surface area contributed by atoms with Crippen LogP contribution in [-0.4, -0.2) is 42.2 Å². The summed E-state index contributed by atoms with van der Waals surface area (Å²) in [7, 11) is 4.97. The number of hydrogen-bond donors (Lipinski definition) is 3. The number of carbonyl (C=O) groups excluding carboxylic acids is 1. The monoisotopic (exact) mass is 302 g/mol. The number of para-hydroxylation sites is 1. The molecule has 1 aromatic carbocycles. The molecule has 8 heteroatoms. The van der Waals surface area contributed by atoms with E-state index in [0.717, 1.165) is 0 Å². The van der Waals surface area contributed by atoms with Crippen molar-refractivity contribution in [3.63, 3.8) is 0 Å². The van der Waals surface area contributed by atoms with Gasteiger partial charge in [0.15, 0.2) is 11.6 Å². The van der Waals surface area contributed by atoms with Gasteiger partial charge in [0.25, 0.3) is 0 Å². The lowest BCUT2D eigenvalue weighted by molar-refractivity contribution is 0.0602. The summed E-state index contributed by atoms with van der Waals surface area (Å²) in [5, 5.41) is 4.75. The third-order valence-electron chi connectivity index (χ3n) is 2.80. The smallest absolute Gasteiger partial charge is 0.339 e. The van der Waals surface area contributed by atoms with Gasteiger partial charge in [0.05, 0.1) is 18.4 Å². The Balaban J connectivity index is 2.34. The summed E-state index contributed by atoms with van der Waals surface area (Å²) in [4.78, 5) is 20.0. The minimum Gasteiger partial charge on any atom is -0.465 e. The van der Waals surface area contributed by atoms with Crippen molar-refractivity contribution in [2.45, 2.75) is 0 Å². The number of hydrogen-bond acceptors (Lipinski definition) is 8. The van der Waals surface area contributed by atoms with Gasteiger partial charge in [-0.2, -0.15) is 0 Å². The molecule has 2 aromatic rings. The predicted octanol–water partition coefficient (Wildman–Crippen LogP) is 1.48. The van der Waals surface area contributed by atoms with Crippen molar-refractivity contribution in [2.24, 2.45) is 0 Å². The van der Waals surface area contributed by atoms with Gasteiger partial charge in [-0.3, -0.25) is 0 Å². The van der Waals surface area contributed by atoms with Crippen molar-refractivity contribution in [1.82, 2.24) is 15.0 Å². The lowest BCUT2D eigenvalue weighted by Crippen LogP contribution is -2.21. The fourth-order valence-electron chi connectivity index (χ4n) is 1.80. The number of hydrazine groups is 1. The standard InChI is InChI=1S/C14H18N6O2/c1-20(2)19-13-11(15)12(16-8-17-13)18-10-7-5-4-6-9(10)14(21)22-3/h4-8H,15H2,1-3H3,(H2,16,17,18,19). The van der Waals surface area contributed by atoms with E-state index >= 15 is 0 Å². The topological polar surface area (TPSA) is 105 Å². The first-order chi connectivity index (χ1) is 10.5. The minimum absolute atomic E-state index is 0.343.